The molecule has 0 aliphatic rings. The van der Waals surface area contributed by atoms with Crippen LogP contribution >= 0.6 is 0 Å². The SMILES string of the molecule is CCC(O)COc1ccc([C@H](C)O)cc1. The average molecular weight is 210 g/mol. The third-order valence-electron chi connectivity index (χ3n) is 2.28. The lowest BCUT2D eigenvalue weighted by Gasteiger charge is -2.11. The van der Waals surface area contributed by atoms with Crippen LogP contribution in [0.1, 0.15) is 31.9 Å². The van der Waals surface area contributed by atoms with Gasteiger partial charge in [0.25, 0.3) is 0 Å². The van der Waals surface area contributed by atoms with E-state index in [-0.39, 0.29) is 0 Å². The standard InChI is InChI=1S/C12H18O3/c1-3-11(14)8-15-12-6-4-10(5-7-12)9(2)13/h4-7,9,11,13-14H,3,8H2,1-2H3/t9-,11?/m0/s1. The zero-order chi connectivity index (χ0) is 11.3. The van der Waals surface area contributed by atoms with Gasteiger partial charge in [-0.2, -0.15) is 0 Å². The summed E-state index contributed by atoms with van der Waals surface area (Å²) in [7, 11) is 0. The first-order valence-corrected chi connectivity index (χ1v) is 5.22. The van der Waals surface area contributed by atoms with Crippen molar-refractivity contribution in [3.8, 4) is 5.75 Å². The van der Waals surface area contributed by atoms with E-state index in [1.54, 1.807) is 19.1 Å². The first kappa shape index (κ1) is 12.0. The maximum absolute atomic E-state index is 9.30. The first-order valence-electron chi connectivity index (χ1n) is 5.22. The first-order chi connectivity index (χ1) is 7.13. The molecule has 0 fully saturated rings. The third-order valence-corrected chi connectivity index (χ3v) is 2.28. The number of hydrogen-bond acceptors (Lipinski definition) is 3. The van der Waals surface area contributed by atoms with Gasteiger partial charge in [0.05, 0.1) is 12.2 Å². The lowest BCUT2D eigenvalue weighted by molar-refractivity contribution is 0.104. The molecule has 0 aliphatic carbocycles. The van der Waals surface area contributed by atoms with Crippen LogP contribution in [-0.2, 0) is 0 Å². The van der Waals surface area contributed by atoms with E-state index in [9.17, 15) is 10.2 Å². The molecule has 0 aromatic heterocycles. The molecular formula is C12H18O3. The summed E-state index contributed by atoms with van der Waals surface area (Å²) in [5.74, 6) is 0.715. The average Bonchev–Trinajstić information content (AvgIpc) is 2.26. The van der Waals surface area contributed by atoms with Crippen molar-refractivity contribution in [2.45, 2.75) is 32.5 Å². The molecule has 2 atom stereocenters. The molecular weight excluding hydrogens is 192 g/mol. The number of aliphatic hydroxyl groups is 2. The summed E-state index contributed by atoms with van der Waals surface area (Å²) >= 11 is 0. The maximum atomic E-state index is 9.30. The minimum Gasteiger partial charge on any atom is -0.491 e. The molecule has 0 saturated heterocycles. The number of rotatable bonds is 5. The molecule has 2 N–H and O–H groups in total. The fourth-order valence-electron chi connectivity index (χ4n) is 1.15. The predicted octanol–water partition coefficient (Wildman–Crippen LogP) is 1.89. The van der Waals surface area contributed by atoms with Gasteiger partial charge >= 0.3 is 0 Å². The van der Waals surface area contributed by atoms with E-state index in [2.05, 4.69) is 0 Å². The van der Waals surface area contributed by atoms with Crippen LogP contribution in [0.3, 0.4) is 0 Å². The van der Waals surface area contributed by atoms with Crippen molar-refractivity contribution in [2.24, 2.45) is 0 Å². The normalized spacial score (nSPS) is 14.7. The highest BCUT2D eigenvalue weighted by Crippen LogP contribution is 2.17. The van der Waals surface area contributed by atoms with E-state index in [1.807, 2.05) is 19.1 Å². The highest BCUT2D eigenvalue weighted by Gasteiger charge is 2.03. The van der Waals surface area contributed by atoms with Crippen molar-refractivity contribution in [1.82, 2.24) is 0 Å². The molecule has 0 bridgehead atoms. The van der Waals surface area contributed by atoms with E-state index < -0.39 is 12.2 Å². The lowest BCUT2D eigenvalue weighted by Crippen LogP contribution is -2.15. The fraction of sp³-hybridized carbons (Fsp3) is 0.500. The van der Waals surface area contributed by atoms with Gasteiger partial charge in [-0.25, -0.2) is 0 Å². The van der Waals surface area contributed by atoms with Gasteiger partial charge in [-0.05, 0) is 31.0 Å². The van der Waals surface area contributed by atoms with Crippen LogP contribution in [0.25, 0.3) is 0 Å². The van der Waals surface area contributed by atoms with Crippen molar-refractivity contribution in [3.63, 3.8) is 0 Å². The van der Waals surface area contributed by atoms with Gasteiger partial charge in [-0.3, -0.25) is 0 Å². The Morgan fingerprint density at radius 1 is 1.20 bits per heavy atom. The summed E-state index contributed by atoms with van der Waals surface area (Å²) in [4.78, 5) is 0. The Morgan fingerprint density at radius 3 is 2.27 bits per heavy atom. The van der Waals surface area contributed by atoms with Crippen molar-refractivity contribution >= 4 is 0 Å². The summed E-state index contributed by atoms with van der Waals surface area (Å²) in [5, 5.41) is 18.6. The summed E-state index contributed by atoms with van der Waals surface area (Å²) in [6.07, 6.45) is -0.187. The molecule has 3 heteroatoms. The Labute approximate surface area is 90.3 Å². The van der Waals surface area contributed by atoms with Crippen LogP contribution in [-0.4, -0.2) is 22.9 Å². The van der Waals surface area contributed by atoms with Crippen molar-refractivity contribution < 1.29 is 14.9 Å². The van der Waals surface area contributed by atoms with E-state index in [4.69, 9.17) is 4.74 Å². The number of benzene rings is 1. The second kappa shape index (κ2) is 5.73. The van der Waals surface area contributed by atoms with Crippen molar-refractivity contribution in [2.75, 3.05) is 6.61 Å². The van der Waals surface area contributed by atoms with Crippen LogP contribution in [0.2, 0.25) is 0 Å². The van der Waals surface area contributed by atoms with E-state index in [0.29, 0.717) is 18.8 Å². The highest BCUT2D eigenvalue weighted by atomic mass is 16.5. The van der Waals surface area contributed by atoms with Crippen LogP contribution in [0.4, 0.5) is 0 Å². The van der Waals surface area contributed by atoms with Crippen LogP contribution in [0.15, 0.2) is 24.3 Å². The van der Waals surface area contributed by atoms with E-state index in [0.717, 1.165) is 5.56 Å². The van der Waals surface area contributed by atoms with Gasteiger partial charge in [0.15, 0.2) is 0 Å². The summed E-state index contributed by atoms with van der Waals surface area (Å²) in [6, 6.07) is 7.23. The summed E-state index contributed by atoms with van der Waals surface area (Å²) < 4.78 is 5.36. The monoisotopic (exact) mass is 210 g/mol. The van der Waals surface area contributed by atoms with Crippen molar-refractivity contribution in [1.29, 1.82) is 0 Å². The van der Waals surface area contributed by atoms with Crippen molar-refractivity contribution in [3.05, 3.63) is 29.8 Å². The molecule has 0 aliphatic heterocycles. The topological polar surface area (TPSA) is 49.7 Å². The van der Waals surface area contributed by atoms with Gasteiger partial charge in [0.2, 0.25) is 0 Å². The minimum atomic E-state index is -0.458. The predicted molar refractivity (Wildman–Crippen MR) is 58.9 cm³/mol. The summed E-state index contributed by atoms with van der Waals surface area (Å²) in [5.41, 5.74) is 0.860. The van der Waals surface area contributed by atoms with Gasteiger partial charge in [-0.15, -0.1) is 0 Å². The number of hydrogen-bond donors (Lipinski definition) is 2. The highest BCUT2D eigenvalue weighted by molar-refractivity contribution is 5.28. The maximum Gasteiger partial charge on any atom is 0.119 e. The van der Waals surface area contributed by atoms with Gasteiger partial charge < -0.3 is 14.9 Å². The Kier molecular flexibility index (Phi) is 4.59. The lowest BCUT2D eigenvalue weighted by atomic mass is 10.1. The van der Waals surface area contributed by atoms with Crippen LogP contribution in [0, 0.1) is 0 Å². The fourth-order valence-corrected chi connectivity index (χ4v) is 1.15. The van der Waals surface area contributed by atoms with Gasteiger partial charge in [0, 0.05) is 0 Å². The molecule has 1 rings (SSSR count). The molecule has 0 amide bonds. The van der Waals surface area contributed by atoms with E-state index >= 15 is 0 Å². The second-order valence-corrected chi connectivity index (χ2v) is 3.62. The smallest absolute Gasteiger partial charge is 0.119 e. The van der Waals surface area contributed by atoms with Gasteiger partial charge in [0.1, 0.15) is 12.4 Å². The zero-order valence-electron chi connectivity index (χ0n) is 9.18. The van der Waals surface area contributed by atoms with E-state index in [1.165, 1.54) is 0 Å². The Hall–Kier alpha value is -1.06. The summed E-state index contributed by atoms with van der Waals surface area (Å²) in [6.45, 7) is 3.94. The Bertz CT molecular complexity index is 279. The largest absolute Gasteiger partial charge is 0.491 e. The van der Waals surface area contributed by atoms with Gasteiger partial charge in [-0.1, -0.05) is 19.1 Å². The molecule has 0 radical (unpaired) electrons. The molecule has 84 valence electrons. The Balaban J connectivity index is 2.50. The zero-order valence-corrected chi connectivity index (χ0v) is 9.18. The van der Waals surface area contributed by atoms with Crippen LogP contribution in [0.5, 0.6) is 5.75 Å². The molecule has 1 aromatic rings. The second-order valence-electron chi connectivity index (χ2n) is 3.62. The molecule has 15 heavy (non-hydrogen) atoms. The molecule has 3 nitrogen and oxygen atoms in total. The minimum absolute atomic E-state index is 0.310. The third kappa shape index (κ3) is 3.90. The molecule has 0 spiro atoms. The van der Waals surface area contributed by atoms with Crippen LogP contribution < -0.4 is 4.74 Å². The molecule has 1 unspecified atom stereocenters. The number of aliphatic hydroxyl groups excluding tert-OH is 2. The quantitative estimate of drug-likeness (QED) is 0.780. The molecule has 0 saturated carbocycles. The molecule has 0 heterocycles. The Morgan fingerprint density at radius 2 is 1.80 bits per heavy atom. The molecule has 1 aromatic carbocycles. The number of ether oxygens (including phenoxy) is 1.